The lowest BCUT2D eigenvalue weighted by Crippen LogP contribution is -2.46. The minimum Gasteiger partial charge on any atom is -0.468 e. The number of hydrogen-bond donors (Lipinski definition) is 2. The van der Waals surface area contributed by atoms with Gasteiger partial charge in [0.05, 0.1) is 11.9 Å². The van der Waals surface area contributed by atoms with Gasteiger partial charge in [0.25, 0.3) is 0 Å². The molecular weight excluding hydrogens is 399 g/mol. The zero-order chi connectivity index (χ0) is 21.4. The molecule has 1 aliphatic heterocycles. The topological polar surface area (TPSA) is 79.4 Å². The van der Waals surface area contributed by atoms with Gasteiger partial charge in [0.15, 0.2) is 6.61 Å². The number of pyridine rings is 2. The van der Waals surface area contributed by atoms with E-state index in [9.17, 15) is 18.0 Å². The Morgan fingerprint density at radius 1 is 1.17 bits per heavy atom. The third-order valence-electron chi connectivity index (χ3n) is 4.77. The fourth-order valence-corrected chi connectivity index (χ4v) is 3.19. The molecule has 7 nitrogen and oxygen atoms in total. The Labute approximate surface area is 172 Å². The molecule has 3 heterocycles. The minimum atomic E-state index is -4.42. The van der Waals surface area contributed by atoms with Gasteiger partial charge in [-0.05, 0) is 43.0 Å². The molecule has 0 radical (unpaired) electrons. The van der Waals surface area contributed by atoms with Gasteiger partial charge in [-0.25, -0.2) is 9.78 Å². The molecule has 2 amide bonds. The third-order valence-corrected chi connectivity index (χ3v) is 4.77. The summed E-state index contributed by atoms with van der Waals surface area (Å²) in [6, 6.07) is 6.47. The predicted octanol–water partition coefficient (Wildman–Crippen LogP) is 3.25. The zero-order valence-electron chi connectivity index (χ0n) is 16.4. The standard InChI is InChI=1S/C20H24F3N5O2/c21-20(22,23)14-30-18-2-1-17(13-25-18)27-19(29)26-16-6-11-28(12-7-16)10-5-15-3-8-24-9-4-15/h1-4,8-9,13,16H,5-7,10-12,14H2,(H2,26,27,29). The lowest BCUT2D eigenvalue weighted by atomic mass is 10.0. The average Bonchev–Trinajstić information content (AvgIpc) is 2.73. The lowest BCUT2D eigenvalue weighted by molar-refractivity contribution is -0.154. The molecule has 162 valence electrons. The van der Waals surface area contributed by atoms with Crippen LogP contribution >= 0.6 is 0 Å². The molecule has 0 atom stereocenters. The Hall–Kier alpha value is -2.88. The van der Waals surface area contributed by atoms with Crippen molar-refractivity contribution in [2.75, 3.05) is 31.6 Å². The minimum absolute atomic E-state index is 0.0736. The normalized spacial score (nSPS) is 15.6. The van der Waals surface area contributed by atoms with Crippen molar-refractivity contribution in [2.24, 2.45) is 0 Å². The van der Waals surface area contributed by atoms with Crippen LogP contribution in [0.15, 0.2) is 42.9 Å². The van der Waals surface area contributed by atoms with Crippen molar-refractivity contribution in [1.29, 1.82) is 0 Å². The third kappa shape index (κ3) is 7.51. The molecule has 3 rings (SSSR count). The number of amides is 2. The highest BCUT2D eigenvalue weighted by atomic mass is 19.4. The number of carbonyl (C=O) groups excluding carboxylic acids is 1. The van der Waals surface area contributed by atoms with Crippen molar-refractivity contribution in [3.8, 4) is 5.88 Å². The SMILES string of the molecule is O=C(Nc1ccc(OCC(F)(F)F)nc1)NC1CCN(CCc2ccncc2)CC1. The van der Waals surface area contributed by atoms with Crippen LogP contribution in [0.5, 0.6) is 5.88 Å². The summed E-state index contributed by atoms with van der Waals surface area (Å²) >= 11 is 0. The smallest absolute Gasteiger partial charge is 0.422 e. The van der Waals surface area contributed by atoms with Crippen LogP contribution in [0.25, 0.3) is 0 Å². The number of hydrogen-bond acceptors (Lipinski definition) is 5. The van der Waals surface area contributed by atoms with Crippen LogP contribution in [0.4, 0.5) is 23.7 Å². The summed E-state index contributed by atoms with van der Waals surface area (Å²) in [6.07, 6.45) is 3.10. The summed E-state index contributed by atoms with van der Waals surface area (Å²) in [4.78, 5) is 22.3. The van der Waals surface area contributed by atoms with E-state index >= 15 is 0 Å². The summed E-state index contributed by atoms with van der Waals surface area (Å²) < 4.78 is 40.9. The van der Waals surface area contributed by atoms with Crippen LogP contribution in [0.3, 0.4) is 0 Å². The van der Waals surface area contributed by atoms with Gasteiger partial charge in [0.2, 0.25) is 5.88 Å². The molecule has 2 aromatic rings. The first-order valence-electron chi connectivity index (χ1n) is 9.72. The van der Waals surface area contributed by atoms with Crippen LogP contribution < -0.4 is 15.4 Å². The quantitative estimate of drug-likeness (QED) is 0.715. The lowest BCUT2D eigenvalue weighted by Gasteiger charge is -2.32. The number of ether oxygens (including phenoxy) is 1. The fourth-order valence-electron chi connectivity index (χ4n) is 3.19. The van der Waals surface area contributed by atoms with E-state index in [0.29, 0.717) is 5.69 Å². The Kier molecular flexibility index (Phi) is 7.45. The molecule has 0 unspecified atom stereocenters. The number of anilines is 1. The maximum Gasteiger partial charge on any atom is 0.422 e. The number of piperidine rings is 1. The van der Waals surface area contributed by atoms with Gasteiger partial charge in [-0.15, -0.1) is 0 Å². The largest absolute Gasteiger partial charge is 0.468 e. The molecule has 0 aliphatic carbocycles. The second-order valence-corrected chi connectivity index (χ2v) is 7.11. The highest BCUT2D eigenvalue weighted by Gasteiger charge is 2.28. The molecule has 1 fully saturated rings. The van der Waals surface area contributed by atoms with E-state index in [1.165, 1.54) is 23.9 Å². The Bertz CT molecular complexity index is 794. The molecule has 1 aliphatic rings. The number of aromatic nitrogens is 2. The van der Waals surface area contributed by atoms with Crippen molar-refractivity contribution < 1.29 is 22.7 Å². The molecule has 30 heavy (non-hydrogen) atoms. The molecule has 2 N–H and O–H groups in total. The molecule has 0 bridgehead atoms. The van der Waals surface area contributed by atoms with Gasteiger partial charge in [0, 0.05) is 44.1 Å². The van der Waals surface area contributed by atoms with E-state index in [1.807, 2.05) is 12.1 Å². The van der Waals surface area contributed by atoms with Crippen LogP contribution in [-0.4, -0.2) is 59.4 Å². The summed E-state index contributed by atoms with van der Waals surface area (Å²) in [5.74, 6) is -0.155. The van der Waals surface area contributed by atoms with Crippen molar-refractivity contribution in [3.63, 3.8) is 0 Å². The maximum absolute atomic E-state index is 12.2. The molecule has 2 aromatic heterocycles. The monoisotopic (exact) mass is 423 g/mol. The number of alkyl halides is 3. The van der Waals surface area contributed by atoms with Crippen LogP contribution in [0.1, 0.15) is 18.4 Å². The molecule has 0 spiro atoms. The van der Waals surface area contributed by atoms with Gasteiger partial charge in [-0.1, -0.05) is 0 Å². The van der Waals surface area contributed by atoms with Gasteiger partial charge < -0.3 is 20.3 Å². The van der Waals surface area contributed by atoms with Crippen molar-refractivity contribution in [2.45, 2.75) is 31.5 Å². The summed E-state index contributed by atoms with van der Waals surface area (Å²) in [5, 5.41) is 5.57. The fraction of sp³-hybridized carbons (Fsp3) is 0.450. The Morgan fingerprint density at radius 3 is 2.53 bits per heavy atom. The van der Waals surface area contributed by atoms with Gasteiger partial charge in [0.1, 0.15) is 0 Å². The maximum atomic E-state index is 12.2. The summed E-state index contributed by atoms with van der Waals surface area (Å²) in [7, 11) is 0. The predicted molar refractivity (Wildman–Crippen MR) is 105 cm³/mol. The second-order valence-electron chi connectivity index (χ2n) is 7.11. The second kappa shape index (κ2) is 10.2. The molecule has 10 heteroatoms. The Balaban J connectivity index is 1.35. The zero-order valence-corrected chi connectivity index (χ0v) is 16.4. The Morgan fingerprint density at radius 2 is 1.90 bits per heavy atom. The van der Waals surface area contributed by atoms with Crippen LogP contribution in [-0.2, 0) is 6.42 Å². The highest BCUT2D eigenvalue weighted by Crippen LogP contribution is 2.18. The van der Waals surface area contributed by atoms with Crippen molar-refractivity contribution in [3.05, 3.63) is 48.4 Å². The molecule has 0 saturated carbocycles. The first kappa shape index (κ1) is 21.8. The van der Waals surface area contributed by atoms with Crippen molar-refractivity contribution >= 4 is 11.7 Å². The number of nitrogens with one attached hydrogen (secondary N) is 2. The molecular formula is C20H24F3N5O2. The van der Waals surface area contributed by atoms with E-state index in [-0.39, 0.29) is 18.0 Å². The van der Waals surface area contributed by atoms with Crippen LogP contribution in [0, 0.1) is 0 Å². The molecule has 1 saturated heterocycles. The van der Waals surface area contributed by atoms with Crippen molar-refractivity contribution in [1.82, 2.24) is 20.2 Å². The van der Waals surface area contributed by atoms with E-state index < -0.39 is 12.8 Å². The van der Waals surface area contributed by atoms with Crippen LogP contribution in [0.2, 0.25) is 0 Å². The highest BCUT2D eigenvalue weighted by molar-refractivity contribution is 5.89. The van der Waals surface area contributed by atoms with Gasteiger partial charge in [-0.2, -0.15) is 13.2 Å². The van der Waals surface area contributed by atoms with E-state index in [0.717, 1.165) is 38.9 Å². The van der Waals surface area contributed by atoms with Gasteiger partial charge in [-0.3, -0.25) is 4.98 Å². The number of carbonyl (C=O) groups is 1. The number of halogens is 3. The number of urea groups is 1. The first-order valence-corrected chi connectivity index (χ1v) is 9.72. The average molecular weight is 423 g/mol. The summed E-state index contributed by atoms with van der Waals surface area (Å²) in [5.41, 5.74) is 1.63. The number of nitrogens with zero attached hydrogens (tertiary/aromatic N) is 3. The van der Waals surface area contributed by atoms with E-state index in [1.54, 1.807) is 12.4 Å². The number of rotatable bonds is 7. The molecule has 0 aromatic carbocycles. The van der Waals surface area contributed by atoms with E-state index in [2.05, 4.69) is 30.2 Å². The van der Waals surface area contributed by atoms with Gasteiger partial charge >= 0.3 is 12.2 Å². The summed E-state index contributed by atoms with van der Waals surface area (Å²) in [6.45, 7) is 1.37. The number of likely N-dealkylation sites (tertiary alicyclic amines) is 1. The first-order chi connectivity index (χ1) is 14.4. The van der Waals surface area contributed by atoms with E-state index in [4.69, 9.17) is 0 Å².